The van der Waals surface area contributed by atoms with Crippen LogP contribution in [0.4, 0.5) is 5.69 Å². The summed E-state index contributed by atoms with van der Waals surface area (Å²) in [6.45, 7) is 5.62. The van der Waals surface area contributed by atoms with Crippen LogP contribution in [-0.4, -0.2) is 49.0 Å². The normalized spacial score (nSPS) is 15.5. The van der Waals surface area contributed by atoms with Gasteiger partial charge in [-0.25, -0.2) is 0 Å². The van der Waals surface area contributed by atoms with Crippen molar-refractivity contribution in [3.63, 3.8) is 0 Å². The van der Waals surface area contributed by atoms with Gasteiger partial charge in [0.05, 0.1) is 25.3 Å². The number of hydrogen-bond donors (Lipinski definition) is 2. The van der Waals surface area contributed by atoms with Crippen molar-refractivity contribution >= 4 is 41.0 Å². The van der Waals surface area contributed by atoms with Crippen LogP contribution in [0.3, 0.4) is 0 Å². The number of nitrogens with zero attached hydrogens (tertiary/aromatic N) is 1. The van der Waals surface area contributed by atoms with E-state index in [0.29, 0.717) is 22.0 Å². The number of ether oxygens (including phenoxy) is 2. The number of carbonyl (C=O) groups is 4. The van der Waals surface area contributed by atoms with E-state index in [4.69, 9.17) is 21.1 Å². The molecule has 9 nitrogen and oxygen atoms in total. The van der Waals surface area contributed by atoms with Crippen LogP contribution in [0.2, 0.25) is 5.02 Å². The van der Waals surface area contributed by atoms with E-state index >= 15 is 0 Å². The quantitative estimate of drug-likeness (QED) is 0.562. The number of hydrazine groups is 1. The number of carbonyl (C=O) groups excluding carboxylic acids is 4. The molecule has 1 atom stereocenters. The van der Waals surface area contributed by atoms with Crippen molar-refractivity contribution in [1.29, 1.82) is 0 Å². The molecule has 2 aromatic carbocycles. The zero-order valence-electron chi connectivity index (χ0n) is 20.0. The van der Waals surface area contributed by atoms with Gasteiger partial charge in [0, 0.05) is 17.0 Å². The van der Waals surface area contributed by atoms with Crippen molar-refractivity contribution in [3.8, 4) is 5.75 Å². The molecule has 0 aromatic heterocycles. The molecule has 0 spiro atoms. The van der Waals surface area contributed by atoms with Gasteiger partial charge in [-0.05, 0) is 41.3 Å². The maximum absolute atomic E-state index is 12.6. The fourth-order valence-corrected chi connectivity index (χ4v) is 3.67. The Kier molecular flexibility index (Phi) is 8.01. The summed E-state index contributed by atoms with van der Waals surface area (Å²) in [5.41, 5.74) is 4.29. The molecule has 1 saturated heterocycles. The number of methoxy groups -OCH3 is 1. The smallest absolute Gasteiger partial charge is 0.311 e. The molecule has 2 aromatic rings. The fourth-order valence-electron chi connectivity index (χ4n) is 3.50. The number of rotatable bonds is 7. The van der Waals surface area contributed by atoms with E-state index in [1.54, 1.807) is 24.3 Å². The molecule has 0 unspecified atom stereocenters. The van der Waals surface area contributed by atoms with Gasteiger partial charge >= 0.3 is 5.97 Å². The minimum absolute atomic E-state index is 0.0484. The van der Waals surface area contributed by atoms with Crippen LogP contribution < -0.4 is 15.5 Å². The van der Waals surface area contributed by atoms with Crippen LogP contribution in [0.1, 0.15) is 43.1 Å². The molecule has 3 amide bonds. The average Bonchev–Trinajstić information content (AvgIpc) is 3.17. The highest BCUT2D eigenvalue weighted by molar-refractivity contribution is 6.31. The summed E-state index contributed by atoms with van der Waals surface area (Å²) in [5, 5.41) is 4.06. The van der Waals surface area contributed by atoms with Crippen molar-refractivity contribution in [2.75, 3.05) is 25.6 Å². The lowest BCUT2D eigenvalue weighted by Gasteiger charge is -2.20. The molecule has 0 aliphatic carbocycles. The Bertz CT molecular complexity index is 1130. The van der Waals surface area contributed by atoms with Crippen molar-refractivity contribution in [2.45, 2.75) is 32.6 Å². The molecule has 0 saturated carbocycles. The standard InChI is InChI=1S/C25H28ClN3O6/c1-25(2,3)17-7-5-15(6-8-17)23(32)28-29-13-16(11-22(29)31)24(33)35-14-21(30)27-19-12-18(26)9-10-20(19)34-4/h5-10,12,16H,11,13-14H2,1-4H3,(H,27,30)(H,28,32)/t16-/m0/s1. The molecule has 3 rings (SSSR count). The van der Waals surface area contributed by atoms with Gasteiger partial charge < -0.3 is 14.8 Å². The summed E-state index contributed by atoms with van der Waals surface area (Å²) < 4.78 is 10.2. The first-order chi connectivity index (χ1) is 16.5. The predicted molar refractivity (Wildman–Crippen MR) is 130 cm³/mol. The summed E-state index contributed by atoms with van der Waals surface area (Å²) in [6.07, 6.45) is -0.133. The summed E-state index contributed by atoms with van der Waals surface area (Å²) >= 11 is 5.94. The van der Waals surface area contributed by atoms with Crippen LogP contribution in [0.5, 0.6) is 5.75 Å². The number of nitrogens with one attached hydrogen (secondary N) is 2. The molecule has 1 aliphatic heterocycles. The zero-order chi connectivity index (χ0) is 25.8. The predicted octanol–water partition coefficient (Wildman–Crippen LogP) is 3.32. The third kappa shape index (κ3) is 6.73. The maximum atomic E-state index is 12.6. The molecular weight excluding hydrogens is 474 g/mol. The molecule has 0 radical (unpaired) electrons. The van der Waals surface area contributed by atoms with Gasteiger partial charge in [-0.2, -0.15) is 0 Å². The molecule has 35 heavy (non-hydrogen) atoms. The Morgan fingerprint density at radius 1 is 1.11 bits per heavy atom. The second kappa shape index (κ2) is 10.8. The van der Waals surface area contributed by atoms with E-state index in [1.807, 2.05) is 12.1 Å². The van der Waals surface area contributed by atoms with Gasteiger partial charge in [0.2, 0.25) is 5.91 Å². The van der Waals surface area contributed by atoms with Crippen LogP contribution in [0, 0.1) is 5.92 Å². The third-order valence-electron chi connectivity index (χ3n) is 5.49. The number of halogens is 1. The Labute approximate surface area is 208 Å². The average molecular weight is 502 g/mol. The molecule has 0 bridgehead atoms. The van der Waals surface area contributed by atoms with Crippen LogP contribution in [0.25, 0.3) is 0 Å². The number of esters is 1. The summed E-state index contributed by atoms with van der Waals surface area (Å²) in [4.78, 5) is 49.5. The van der Waals surface area contributed by atoms with E-state index in [1.165, 1.54) is 13.2 Å². The first-order valence-electron chi connectivity index (χ1n) is 11.0. The molecule has 1 heterocycles. The van der Waals surface area contributed by atoms with Gasteiger partial charge in [-0.15, -0.1) is 0 Å². The third-order valence-corrected chi connectivity index (χ3v) is 5.72. The van der Waals surface area contributed by atoms with E-state index in [-0.39, 0.29) is 18.4 Å². The number of anilines is 1. The highest BCUT2D eigenvalue weighted by Gasteiger charge is 2.36. The van der Waals surface area contributed by atoms with Crippen LogP contribution in [-0.2, 0) is 24.5 Å². The molecule has 1 aliphatic rings. The number of hydrogen-bond acceptors (Lipinski definition) is 6. The molecule has 186 valence electrons. The van der Waals surface area contributed by atoms with Crippen molar-refractivity contribution in [2.24, 2.45) is 5.92 Å². The van der Waals surface area contributed by atoms with Crippen molar-refractivity contribution < 1.29 is 28.7 Å². The lowest BCUT2D eigenvalue weighted by molar-refractivity contribution is -0.151. The SMILES string of the molecule is COc1ccc(Cl)cc1NC(=O)COC(=O)[C@H]1CC(=O)N(NC(=O)c2ccc(C(C)(C)C)cc2)C1. The Hall–Kier alpha value is -3.59. The summed E-state index contributed by atoms with van der Waals surface area (Å²) in [6, 6.07) is 11.8. The Morgan fingerprint density at radius 2 is 1.80 bits per heavy atom. The number of amides is 3. The van der Waals surface area contributed by atoms with Crippen molar-refractivity contribution in [1.82, 2.24) is 10.4 Å². The first-order valence-corrected chi connectivity index (χ1v) is 11.4. The minimum atomic E-state index is -0.806. The molecule has 1 fully saturated rings. The van der Waals surface area contributed by atoms with Gasteiger partial charge in [0.25, 0.3) is 11.8 Å². The monoisotopic (exact) mass is 501 g/mol. The summed E-state index contributed by atoms with van der Waals surface area (Å²) in [7, 11) is 1.45. The highest BCUT2D eigenvalue weighted by Crippen LogP contribution is 2.27. The van der Waals surface area contributed by atoms with Crippen molar-refractivity contribution in [3.05, 3.63) is 58.6 Å². The largest absolute Gasteiger partial charge is 0.495 e. The van der Waals surface area contributed by atoms with E-state index in [2.05, 4.69) is 31.5 Å². The Morgan fingerprint density at radius 3 is 2.43 bits per heavy atom. The maximum Gasteiger partial charge on any atom is 0.311 e. The van der Waals surface area contributed by atoms with Crippen LogP contribution in [0.15, 0.2) is 42.5 Å². The minimum Gasteiger partial charge on any atom is -0.495 e. The fraction of sp³-hybridized carbons (Fsp3) is 0.360. The second-order valence-corrected chi connectivity index (χ2v) is 9.61. The second-order valence-electron chi connectivity index (χ2n) is 9.17. The molecular formula is C25H28ClN3O6. The van der Waals surface area contributed by atoms with E-state index in [0.717, 1.165) is 10.6 Å². The molecule has 2 N–H and O–H groups in total. The lowest BCUT2D eigenvalue weighted by atomic mass is 9.87. The van der Waals surface area contributed by atoms with Gasteiger partial charge in [0.1, 0.15) is 5.75 Å². The lowest BCUT2D eigenvalue weighted by Crippen LogP contribution is -2.43. The summed E-state index contributed by atoms with van der Waals surface area (Å²) in [5.74, 6) is -2.58. The Balaban J connectivity index is 1.51. The first kappa shape index (κ1) is 26.0. The topological polar surface area (TPSA) is 114 Å². The van der Waals surface area contributed by atoms with Gasteiger partial charge in [0.15, 0.2) is 6.61 Å². The zero-order valence-corrected chi connectivity index (χ0v) is 20.8. The van der Waals surface area contributed by atoms with E-state index < -0.39 is 36.2 Å². The van der Waals surface area contributed by atoms with Gasteiger partial charge in [-0.3, -0.25) is 29.6 Å². The van der Waals surface area contributed by atoms with Gasteiger partial charge in [-0.1, -0.05) is 44.5 Å². The van der Waals surface area contributed by atoms with Crippen LogP contribution >= 0.6 is 11.6 Å². The number of benzene rings is 2. The highest BCUT2D eigenvalue weighted by atomic mass is 35.5. The molecule has 10 heteroatoms. The van der Waals surface area contributed by atoms with E-state index in [9.17, 15) is 19.2 Å².